The summed E-state index contributed by atoms with van der Waals surface area (Å²) in [6, 6.07) is 20.1. The van der Waals surface area contributed by atoms with Gasteiger partial charge in [0, 0.05) is 29.7 Å². The van der Waals surface area contributed by atoms with Gasteiger partial charge in [0.05, 0.1) is 17.1 Å². The minimum Gasteiger partial charge on any atom is -0.305 e. The van der Waals surface area contributed by atoms with E-state index in [1.54, 1.807) is 35.3 Å². The number of sulfonamides is 1. The average Bonchev–Trinajstić information content (AvgIpc) is 3.22. The van der Waals surface area contributed by atoms with Crippen LogP contribution in [0.1, 0.15) is 21.6 Å². The molecule has 0 saturated carbocycles. The molecule has 2 aromatic heterocycles. The molecular weight excluding hydrogens is 426 g/mol. The molecule has 4 rings (SSSR count). The minimum atomic E-state index is -3.76. The second kappa shape index (κ2) is 9.03. The van der Waals surface area contributed by atoms with Gasteiger partial charge in [-0.3, -0.25) is 19.2 Å². The number of aromatic nitrogens is 3. The predicted octanol–water partition coefficient (Wildman–Crippen LogP) is 3.69. The van der Waals surface area contributed by atoms with Crippen LogP contribution in [0.4, 0.5) is 11.5 Å². The summed E-state index contributed by atoms with van der Waals surface area (Å²) < 4.78 is 29.4. The Kier molecular flexibility index (Phi) is 6.00. The predicted molar refractivity (Wildman–Crippen MR) is 122 cm³/mol. The Morgan fingerprint density at radius 3 is 2.41 bits per heavy atom. The molecule has 0 bridgehead atoms. The van der Waals surface area contributed by atoms with E-state index < -0.39 is 10.0 Å². The summed E-state index contributed by atoms with van der Waals surface area (Å²) in [5.74, 6) is 0.00666. The fourth-order valence-corrected chi connectivity index (χ4v) is 4.04. The van der Waals surface area contributed by atoms with Gasteiger partial charge >= 0.3 is 0 Å². The summed E-state index contributed by atoms with van der Waals surface area (Å²) in [5, 5.41) is 7.03. The number of anilines is 2. The van der Waals surface area contributed by atoms with Gasteiger partial charge in [0.1, 0.15) is 0 Å². The number of carbonyl (C=O) groups is 1. The van der Waals surface area contributed by atoms with Crippen molar-refractivity contribution in [3.8, 4) is 0 Å². The topological polar surface area (TPSA) is 106 Å². The summed E-state index contributed by atoms with van der Waals surface area (Å²) in [6.45, 7) is 2.41. The quantitative estimate of drug-likeness (QED) is 0.449. The summed E-state index contributed by atoms with van der Waals surface area (Å²) >= 11 is 0. The fourth-order valence-electron chi connectivity index (χ4n) is 2.98. The third kappa shape index (κ3) is 5.19. The van der Waals surface area contributed by atoms with E-state index >= 15 is 0 Å². The smallest absolute Gasteiger partial charge is 0.261 e. The number of rotatable bonds is 7. The number of hydrogen-bond donors (Lipinski definition) is 2. The first-order chi connectivity index (χ1) is 15.4. The maximum Gasteiger partial charge on any atom is 0.261 e. The third-order valence-electron chi connectivity index (χ3n) is 4.66. The minimum absolute atomic E-state index is 0.0641. The first-order valence-electron chi connectivity index (χ1n) is 9.83. The van der Waals surface area contributed by atoms with Crippen molar-refractivity contribution in [3.63, 3.8) is 0 Å². The van der Waals surface area contributed by atoms with Crippen LogP contribution in [0.15, 0.2) is 90.1 Å². The highest BCUT2D eigenvalue weighted by atomic mass is 32.2. The van der Waals surface area contributed by atoms with Crippen LogP contribution in [-0.2, 0) is 16.6 Å². The van der Waals surface area contributed by atoms with Crippen LogP contribution in [0.2, 0.25) is 0 Å². The van der Waals surface area contributed by atoms with Crippen molar-refractivity contribution < 1.29 is 13.2 Å². The number of hydrogen-bond acceptors (Lipinski definition) is 5. The SMILES string of the molecule is Cc1ccc(NS(=O)(=O)c2ccc(C(=O)Nc3ccn(Cc4ccccn4)n3)cc2)cc1. The normalized spacial score (nSPS) is 11.2. The molecule has 0 radical (unpaired) electrons. The van der Waals surface area contributed by atoms with Crippen molar-refractivity contribution >= 4 is 27.4 Å². The van der Waals surface area contributed by atoms with Gasteiger partial charge in [-0.05, 0) is 55.5 Å². The zero-order chi connectivity index (χ0) is 22.6. The van der Waals surface area contributed by atoms with Crippen molar-refractivity contribution in [1.82, 2.24) is 14.8 Å². The lowest BCUT2D eigenvalue weighted by Crippen LogP contribution is -2.15. The highest BCUT2D eigenvalue weighted by Crippen LogP contribution is 2.18. The van der Waals surface area contributed by atoms with E-state index in [0.717, 1.165) is 11.3 Å². The lowest BCUT2D eigenvalue weighted by molar-refractivity contribution is 0.102. The Balaban J connectivity index is 1.40. The molecule has 1 amide bonds. The van der Waals surface area contributed by atoms with Gasteiger partial charge in [0.2, 0.25) is 0 Å². The van der Waals surface area contributed by atoms with Crippen molar-refractivity contribution in [2.75, 3.05) is 10.0 Å². The largest absolute Gasteiger partial charge is 0.305 e. The summed E-state index contributed by atoms with van der Waals surface area (Å²) in [5.41, 5.74) is 2.67. The van der Waals surface area contributed by atoms with Crippen LogP contribution in [0.3, 0.4) is 0 Å². The van der Waals surface area contributed by atoms with Gasteiger partial charge in [-0.2, -0.15) is 5.10 Å². The first kappa shape index (κ1) is 21.3. The molecular formula is C23H21N5O3S. The van der Waals surface area contributed by atoms with Gasteiger partial charge in [0.25, 0.3) is 15.9 Å². The molecule has 2 aromatic carbocycles. The molecule has 4 aromatic rings. The zero-order valence-corrected chi connectivity index (χ0v) is 18.1. The monoisotopic (exact) mass is 447 g/mol. The van der Waals surface area contributed by atoms with Crippen LogP contribution in [0.25, 0.3) is 0 Å². The number of nitrogens with zero attached hydrogens (tertiary/aromatic N) is 3. The molecule has 0 fully saturated rings. The number of pyridine rings is 1. The van der Waals surface area contributed by atoms with E-state index in [2.05, 4.69) is 20.1 Å². The Bertz CT molecular complexity index is 1320. The van der Waals surface area contributed by atoms with Gasteiger partial charge in [-0.1, -0.05) is 23.8 Å². The Morgan fingerprint density at radius 1 is 0.969 bits per heavy atom. The van der Waals surface area contributed by atoms with Crippen molar-refractivity contribution in [1.29, 1.82) is 0 Å². The van der Waals surface area contributed by atoms with E-state index in [0.29, 0.717) is 23.6 Å². The van der Waals surface area contributed by atoms with Gasteiger partial charge in [-0.25, -0.2) is 8.42 Å². The summed E-state index contributed by atoms with van der Waals surface area (Å²) in [4.78, 5) is 16.8. The molecule has 0 atom stereocenters. The van der Waals surface area contributed by atoms with Crippen LogP contribution < -0.4 is 10.0 Å². The molecule has 0 aliphatic carbocycles. The maximum absolute atomic E-state index is 12.6. The van der Waals surface area contributed by atoms with Crippen molar-refractivity contribution in [3.05, 3.63) is 102 Å². The number of nitrogens with one attached hydrogen (secondary N) is 2. The molecule has 162 valence electrons. The van der Waals surface area contributed by atoms with Crippen LogP contribution in [-0.4, -0.2) is 29.1 Å². The standard InChI is InChI=1S/C23H21N5O3S/c1-17-5-9-19(10-6-17)27-32(30,31)21-11-7-18(8-12-21)23(29)25-22-13-15-28(26-22)16-20-4-2-3-14-24-20/h2-15,27H,16H2,1H3,(H,25,26,29). The molecule has 0 unspecified atom stereocenters. The fraction of sp³-hybridized carbons (Fsp3) is 0.0870. The molecule has 0 saturated heterocycles. The van der Waals surface area contributed by atoms with Gasteiger partial charge in [-0.15, -0.1) is 0 Å². The second-order valence-electron chi connectivity index (χ2n) is 7.17. The average molecular weight is 448 g/mol. The molecule has 9 heteroatoms. The molecule has 32 heavy (non-hydrogen) atoms. The van der Waals surface area contributed by atoms with Crippen molar-refractivity contribution in [2.24, 2.45) is 0 Å². The molecule has 8 nitrogen and oxygen atoms in total. The van der Waals surface area contributed by atoms with E-state index in [4.69, 9.17) is 0 Å². The Morgan fingerprint density at radius 2 is 1.72 bits per heavy atom. The summed E-state index contributed by atoms with van der Waals surface area (Å²) in [7, 11) is -3.76. The zero-order valence-electron chi connectivity index (χ0n) is 17.3. The lowest BCUT2D eigenvalue weighted by Gasteiger charge is -2.09. The highest BCUT2D eigenvalue weighted by molar-refractivity contribution is 7.92. The first-order valence-corrected chi connectivity index (χ1v) is 11.3. The molecule has 2 N–H and O–H groups in total. The summed E-state index contributed by atoms with van der Waals surface area (Å²) in [6.07, 6.45) is 3.46. The number of carbonyl (C=O) groups excluding carboxylic acids is 1. The van der Waals surface area contributed by atoms with E-state index in [-0.39, 0.29) is 10.8 Å². The second-order valence-corrected chi connectivity index (χ2v) is 8.85. The van der Waals surface area contributed by atoms with Crippen LogP contribution in [0, 0.1) is 6.92 Å². The van der Waals surface area contributed by atoms with Gasteiger partial charge < -0.3 is 5.32 Å². The van der Waals surface area contributed by atoms with Crippen LogP contribution >= 0.6 is 0 Å². The van der Waals surface area contributed by atoms with Gasteiger partial charge in [0.15, 0.2) is 5.82 Å². The van der Waals surface area contributed by atoms with Crippen LogP contribution in [0.5, 0.6) is 0 Å². The lowest BCUT2D eigenvalue weighted by atomic mass is 10.2. The van der Waals surface area contributed by atoms with Crippen molar-refractivity contribution in [2.45, 2.75) is 18.4 Å². The number of amides is 1. The number of benzene rings is 2. The van der Waals surface area contributed by atoms with E-state index in [1.165, 1.54) is 24.3 Å². The molecule has 0 spiro atoms. The maximum atomic E-state index is 12.6. The molecule has 0 aliphatic rings. The van der Waals surface area contributed by atoms with E-state index in [9.17, 15) is 13.2 Å². The van der Waals surface area contributed by atoms with E-state index in [1.807, 2.05) is 37.3 Å². The molecule has 0 aliphatic heterocycles. The molecule has 2 heterocycles. The number of aryl methyl sites for hydroxylation is 1. The highest BCUT2D eigenvalue weighted by Gasteiger charge is 2.16. The Labute approximate surface area is 186 Å². The Hall–Kier alpha value is -3.98. The third-order valence-corrected chi connectivity index (χ3v) is 6.06.